The highest BCUT2D eigenvalue weighted by molar-refractivity contribution is 5.81. The lowest BCUT2D eigenvalue weighted by molar-refractivity contribution is -0.138. The van der Waals surface area contributed by atoms with Gasteiger partial charge < -0.3 is 20.0 Å². The number of carbonyl (C=O) groups excluding carboxylic acids is 2. The molecule has 8 nitrogen and oxygen atoms in total. The summed E-state index contributed by atoms with van der Waals surface area (Å²) in [5, 5.41) is 0. The largest absolute Gasteiger partial charge is 0.441 e. The van der Waals surface area contributed by atoms with Gasteiger partial charge in [0.15, 0.2) is 0 Å². The van der Waals surface area contributed by atoms with Crippen molar-refractivity contribution in [2.75, 3.05) is 19.6 Å². The predicted octanol–water partition coefficient (Wildman–Crippen LogP) is 1.21. The number of hydrogen-bond donors (Lipinski definition) is 1. The first-order valence-corrected chi connectivity index (χ1v) is 9.70. The number of hydrogen-bond acceptors (Lipinski definition) is 6. The minimum absolute atomic E-state index is 0.0336. The van der Waals surface area contributed by atoms with Crippen molar-refractivity contribution in [1.82, 2.24) is 19.8 Å². The summed E-state index contributed by atoms with van der Waals surface area (Å²) in [7, 11) is 0. The van der Waals surface area contributed by atoms with Gasteiger partial charge in [-0.05, 0) is 25.0 Å². The second-order valence-corrected chi connectivity index (χ2v) is 7.60. The molecule has 8 heteroatoms. The summed E-state index contributed by atoms with van der Waals surface area (Å²) in [5.41, 5.74) is 7.70. The third kappa shape index (κ3) is 3.77. The third-order valence-corrected chi connectivity index (χ3v) is 5.52. The molecule has 0 unspecified atom stereocenters. The van der Waals surface area contributed by atoms with Crippen LogP contribution in [0.4, 0.5) is 0 Å². The molecule has 1 fully saturated rings. The Bertz CT molecular complexity index is 866. The monoisotopic (exact) mass is 383 g/mol. The van der Waals surface area contributed by atoms with E-state index in [0.29, 0.717) is 44.9 Å². The fourth-order valence-electron chi connectivity index (χ4n) is 3.94. The van der Waals surface area contributed by atoms with E-state index in [1.807, 2.05) is 17.0 Å². The van der Waals surface area contributed by atoms with Crippen LogP contribution in [0.1, 0.15) is 31.2 Å². The van der Waals surface area contributed by atoms with Crippen molar-refractivity contribution in [2.45, 2.75) is 38.8 Å². The van der Waals surface area contributed by atoms with E-state index < -0.39 is 0 Å². The number of aromatic nitrogens is 2. The lowest BCUT2D eigenvalue weighted by Crippen LogP contribution is -2.44. The molecule has 0 radical (unpaired) electrons. The Hall–Kier alpha value is -2.74. The van der Waals surface area contributed by atoms with Crippen molar-refractivity contribution >= 4 is 11.8 Å². The van der Waals surface area contributed by atoms with Gasteiger partial charge in [-0.3, -0.25) is 14.6 Å². The Labute approximate surface area is 163 Å². The lowest BCUT2D eigenvalue weighted by atomic mass is 9.99. The van der Waals surface area contributed by atoms with E-state index in [4.69, 9.17) is 10.2 Å². The van der Waals surface area contributed by atoms with Crippen LogP contribution in [0, 0.1) is 5.92 Å². The van der Waals surface area contributed by atoms with Gasteiger partial charge in [0.25, 0.3) is 0 Å². The fraction of sp³-hybridized carbons (Fsp3) is 0.500. The van der Waals surface area contributed by atoms with Crippen molar-refractivity contribution in [2.24, 2.45) is 11.7 Å². The molecule has 0 saturated carbocycles. The number of rotatable bonds is 2. The van der Waals surface area contributed by atoms with Gasteiger partial charge in [-0.1, -0.05) is 0 Å². The molecule has 0 bridgehead atoms. The van der Waals surface area contributed by atoms with Crippen LogP contribution in [0.5, 0.6) is 0 Å². The summed E-state index contributed by atoms with van der Waals surface area (Å²) in [6, 6.07) is 3.66. The Kier molecular flexibility index (Phi) is 5.13. The van der Waals surface area contributed by atoms with E-state index >= 15 is 0 Å². The molecule has 0 aliphatic carbocycles. The summed E-state index contributed by atoms with van der Waals surface area (Å²) < 4.78 is 5.89. The van der Waals surface area contributed by atoms with Gasteiger partial charge >= 0.3 is 0 Å². The van der Waals surface area contributed by atoms with E-state index in [-0.39, 0.29) is 23.8 Å². The smallest absolute Gasteiger partial charge is 0.228 e. The fourth-order valence-corrected chi connectivity index (χ4v) is 3.94. The van der Waals surface area contributed by atoms with Gasteiger partial charge in [-0.25, -0.2) is 4.98 Å². The molecular formula is C20H25N5O3. The van der Waals surface area contributed by atoms with Gasteiger partial charge in [0.05, 0.1) is 18.0 Å². The van der Waals surface area contributed by atoms with Crippen molar-refractivity contribution in [1.29, 1.82) is 0 Å². The summed E-state index contributed by atoms with van der Waals surface area (Å²) >= 11 is 0. The van der Waals surface area contributed by atoms with Crippen molar-refractivity contribution in [3.8, 4) is 11.5 Å². The molecule has 0 aromatic carbocycles. The van der Waals surface area contributed by atoms with Crippen LogP contribution in [0.2, 0.25) is 0 Å². The van der Waals surface area contributed by atoms with Crippen LogP contribution in [0.15, 0.2) is 28.9 Å². The van der Waals surface area contributed by atoms with E-state index in [9.17, 15) is 9.59 Å². The summed E-state index contributed by atoms with van der Waals surface area (Å²) in [6.07, 6.45) is 5.50. The molecular weight excluding hydrogens is 358 g/mol. The van der Waals surface area contributed by atoms with Crippen molar-refractivity contribution < 1.29 is 14.0 Å². The average molecular weight is 383 g/mol. The Morgan fingerprint density at radius 1 is 1.25 bits per heavy atom. The standard InChI is InChI=1S/C20H25N5O3/c1-13(26)25-10-15(4-5-16(21)11-25)20(27)24-8-6-18-17(12-24)23-19(28-18)14-3-2-7-22-9-14/h2-3,7,9,15-16H,4-6,8,10-12,21H2,1H3/t15-,16+/m0/s1. The molecule has 2 N–H and O–H groups in total. The number of nitrogens with zero attached hydrogens (tertiary/aromatic N) is 4. The average Bonchev–Trinajstić information content (AvgIpc) is 3.03. The van der Waals surface area contributed by atoms with Crippen LogP contribution in [-0.4, -0.2) is 57.3 Å². The van der Waals surface area contributed by atoms with Crippen LogP contribution >= 0.6 is 0 Å². The van der Waals surface area contributed by atoms with E-state index in [1.165, 1.54) is 6.92 Å². The molecule has 4 rings (SSSR count). The molecule has 4 heterocycles. The van der Waals surface area contributed by atoms with Crippen molar-refractivity contribution in [3.05, 3.63) is 36.0 Å². The quantitative estimate of drug-likeness (QED) is 0.836. The molecule has 0 spiro atoms. The SMILES string of the molecule is CC(=O)N1C[C@H](N)CC[C@H](C(=O)N2CCc3oc(-c4cccnc4)nc3C2)C1. The maximum absolute atomic E-state index is 13.1. The highest BCUT2D eigenvalue weighted by Crippen LogP contribution is 2.27. The minimum Gasteiger partial charge on any atom is -0.441 e. The maximum Gasteiger partial charge on any atom is 0.228 e. The molecule has 28 heavy (non-hydrogen) atoms. The number of carbonyl (C=O) groups is 2. The zero-order chi connectivity index (χ0) is 19.7. The highest BCUT2D eigenvalue weighted by Gasteiger charge is 2.33. The zero-order valence-corrected chi connectivity index (χ0v) is 16.0. The molecule has 2 aromatic rings. The zero-order valence-electron chi connectivity index (χ0n) is 16.0. The first kappa shape index (κ1) is 18.6. The molecule has 2 aliphatic heterocycles. The number of nitrogens with two attached hydrogens (primary N) is 1. The lowest BCUT2D eigenvalue weighted by Gasteiger charge is -2.30. The number of fused-ring (bicyclic) bond motifs is 1. The second-order valence-electron chi connectivity index (χ2n) is 7.60. The molecule has 148 valence electrons. The number of oxazole rings is 1. The molecule has 2 aromatic heterocycles. The Morgan fingerprint density at radius 3 is 2.86 bits per heavy atom. The first-order chi connectivity index (χ1) is 13.5. The molecule has 2 atom stereocenters. The van der Waals surface area contributed by atoms with Crippen LogP contribution in [0.3, 0.4) is 0 Å². The van der Waals surface area contributed by atoms with Crippen LogP contribution < -0.4 is 5.73 Å². The van der Waals surface area contributed by atoms with E-state index in [1.54, 1.807) is 17.3 Å². The summed E-state index contributed by atoms with van der Waals surface area (Å²) in [4.78, 5) is 37.2. The van der Waals surface area contributed by atoms with E-state index in [0.717, 1.165) is 23.4 Å². The second kappa shape index (κ2) is 7.71. The minimum atomic E-state index is -0.219. The normalized spacial score (nSPS) is 22.5. The highest BCUT2D eigenvalue weighted by atomic mass is 16.4. The predicted molar refractivity (Wildman–Crippen MR) is 102 cm³/mol. The van der Waals surface area contributed by atoms with Gasteiger partial charge in [0.2, 0.25) is 17.7 Å². The summed E-state index contributed by atoms with van der Waals surface area (Å²) in [6.45, 7) is 3.50. The maximum atomic E-state index is 13.1. The van der Waals surface area contributed by atoms with Gasteiger partial charge in [0, 0.05) is 51.4 Å². The molecule has 2 aliphatic rings. The van der Waals surface area contributed by atoms with E-state index in [2.05, 4.69) is 9.97 Å². The van der Waals surface area contributed by atoms with Gasteiger partial charge in [-0.2, -0.15) is 0 Å². The number of likely N-dealkylation sites (tertiary alicyclic amines) is 1. The number of amides is 2. The Balaban J connectivity index is 1.48. The molecule has 2 amide bonds. The summed E-state index contributed by atoms with van der Waals surface area (Å²) in [5.74, 6) is 1.18. The van der Waals surface area contributed by atoms with Crippen LogP contribution in [-0.2, 0) is 22.6 Å². The van der Waals surface area contributed by atoms with Gasteiger partial charge in [0.1, 0.15) is 11.5 Å². The van der Waals surface area contributed by atoms with Crippen LogP contribution in [0.25, 0.3) is 11.5 Å². The topological polar surface area (TPSA) is 106 Å². The Morgan fingerprint density at radius 2 is 2.11 bits per heavy atom. The molecule has 1 saturated heterocycles. The van der Waals surface area contributed by atoms with Crippen molar-refractivity contribution in [3.63, 3.8) is 0 Å². The van der Waals surface area contributed by atoms with Gasteiger partial charge in [-0.15, -0.1) is 0 Å². The number of pyridine rings is 1. The first-order valence-electron chi connectivity index (χ1n) is 9.70. The third-order valence-electron chi connectivity index (χ3n) is 5.52.